The molecule has 15 heavy (non-hydrogen) atoms. The summed E-state index contributed by atoms with van der Waals surface area (Å²) in [5, 5.41) is -0.368. The summed E-state index contributed by atoms with van der Waals surface area (Å²) in [7, 11) is 0. The number of hydrogen-bond donors (Lipinski definition) is 0. The molecule has 0 radical (unpaired) electrons. The molecule has 0 saturated heterocycles. The van der Waals surface area contributed by atoms with Crippen molar-refractivity contribution in [1.29, 1.82) is 0 Å². The van der Waals surface area contributed by atoms with E-state index < -0.39 is 0 Å². The Morgan fingerprint density at radius 1 is 1.27 bits per heavy atom. The monoisotopic (exact) mass is 284 g/mol. The van der Waals surface area contributed by atoms with Crippen LogP contribution in [0.15, 0.2) is 16.6 Å². The van der Waals surface area contributed by atoms with Crippen LogP contribution in [0.1, 0.15) is 52.6 Å². The predicted octanol–water partition coefficient (Wildman–Crippen LogP) is 4.19. The summed E-state index contributed by atoms with van der Waals surface area (Å²) in [6.45, 7) is 0. The topological polar surface area (TPSA) is 17.1 Å². The molecule has 3 heteroatoms. The molecule has 1 saturated carbocycles. The second kappa shape index (κ2) is 3.33. The van der Waals surface area contributed by atoms with E-state index in [2.05, 4.69) is 22.0 Å². The highest BCUT2D eigenvalue weighted by Crippen LogP contribution is 2.53. The molecule has 78 valence electrons. The maximum absolute atomic E-state index is 11.2. The second-order valence-corrected chi connectivity index (χ2v) is 5.64. The fourth-order valence-electron chi connectivity index (χ4n) is 3.01. The van der Waals surface area contributed by atoms with Crippen LogP contribution in [-0.2, 0) is 0 Å². The molecule has 2 aliphatic carbocycles. The van der Waals surface area contributed by atoms with Gasteiger partial charge in [0.15, 0.2) is 0 Å². The average Bonchev–Trinajstić information content (AvgIpc) is 2.76. The second-order valence-electron chi connectivity index (χ2n) is 4.44. The highest BCUT2D eigenvalue weighted by atomic mass is 79.9. The predicted molar refractivity (Wildman–Crippen MR) is 63.7 cm³/mol. The van der Waals surface area contributed by atoms with E-state index in [4.69, 9.17) is 11.6 Å². The lowest BCUT2D eigenvalue weighted by atomic mass is 9.90. The average molecular weight is 286 g/mol. The standard InChI is InChI=1S/C12H10BrClO/c13-11-5-9-7-2-1-6(3-7)8(9)4-10(11)12(14)15/h4-7H,1-3H2. The molecule has 1 aromatic rings. The van der Waals surface area contributed by atoms with Crippen molar-refractivity contribution in [3.05, 3.63) is 33.3 Å². The van der Waals surface area contributed by atoms with Gasteiger partial charge in [-0.15, -0.1) is 0 Å². The van der Waals surface area contributed by atoms with E-state index in [1.807, 2.05) is 6.07 Å². The Morgan fingerprint density at radius 3 is 2.47 bits per heavy atom. The van der Waals surface area contributed by atoms with E-state index in [-0.39, 0.29) is 5.24 Å². The van der Waals surface area contributed by atoms with Crippen molar-refractivity contribution < 1.29 is 4.79 Å². The van der Waals surface area contributed by atoms with Gasteiger partial charge in [-0.1, -0.05) is 0 Å². The molecule has 0 heterocycles. The van der Waals surface area contributed by atoms with Crippen molar-refractivity contribution in [2.75, 3.05) is 0 Å². The van der Waals surface area contributed by atoms with Crippen LogP contribution in [0, 0.1) is 0 Å². The number of hydrogen-bond acceptors (Lipinski definition) is 1. The summed E-state index contributed by atoms with van der Waals surface area (Å²) < 4.78 is 0.841. The largest absolute Gasteiger partial charge is 0.276 e. The lowest BCUT2D eigenvalue weighted by molar-refractivity contribution is 0.108. The maximum Gasteiger partial charge on any atom is 0.253 e. The molecular weight excluding hydrogens is 275 g/mol. The van der Waals surface area contributed by atoms with E-state index in [1.165, 1.54) is 30.4 Å². The van der Waals surface area contributed by atoms with Crippen LogP contribution in [0.25, 0.3) is 0 Å². The Bertz CT molecular complexity index is 455. The maximum atomic E-state index is 11.2. The molecule has 1 nitrogen and oxygen atoms in total. The summed E-state index contributed by atoms with van der Waals surface area (Å²) in [5.41, 5.74) is 3.40. The minimum Gasteiger partial charge on any atom is -0.276 e. The first kappa shape index (κ1) is 9.86. The number of fused-ring (bicyclic) bond motifs is 5. The molecule has 0 aliphatic heterocycles. The van der Waals surface area contributed by atoms with Crippen LogP contribution >= 0.6 is 27.5 Å². The number of benzene rings is 1. The van der Waals surface area contributed by atoms with Gasteiger partial charge in [0, 0.05) is 10.0 Å². The number of carbonyl (C=O) groups is 1. The van der Waals surface area contributed by atoms with Crippen molar-refractivity contribution in [2.24, 2.45) is 0 Å². The van der Waals surface area contributed by atoms with Gasteiger partial charge in [-0.3, -0.25) is 4.79 Å². The zero-order valence-electron chi connectivity index (χ0n) is 8.09. The van der Waals surface area contributed by atoms with Gasteiger partial charge in [-0.25, -0.2) is 0 Å². The van der Waals surface area contributed by atoms with Gasteiger partial charge >= 0.3 is 0 Å². The highest BCUT2D eigenvalue weighted by molar-refractivity contribution is 9.10. The molecule has 0 aromatic heterocycles. The lowest BCUT2D eigenvalue weighted by Crippen LogP contribution is -2.01. The first-order valence-corrected chi connectivity index (χ1v) is 6.37. The molecule has 2 unspecified atom stereocenters. The zero-order valence-corrected chi connectivity index (χ0v) is 10.4. The van der Waals surface area contributed by atoms with Crippen LogP contribution in [0.5, 0.6) is 0 Å². The van der Waals surface area contributed by atoms with Crippen molar-refractivity contribution in [3.63, 3.8) is 0 Å². The van der Waals surface area contributed by atoms with Gasteiger partial charge in [0.2, 0.25) is 0 Å². The normalized spacial score (nSPS) is 26.8. The number of carbonyl (C=O) groups excluding carboxylic acids is 1. The molecule has 0 amide bonds. The molecule has 1 fully saturated rings. The summed E-state index contributed by atoms with van der Waals surface area (Å²) >= 11 is 8.96. The third-order valence-electron chi connectivity index (χ3n) is 3.70. The molecule has 1 aromatic carbocycles. The van der Waals surface area contributed by atoms with Crippen LogP contribution in [-0.4, -0.2) is 5.24 Å². The minimum absolute atomic E-state index is 0.368. The first-order valence-electron chi connectivity index (χ1n) is 5.20. The van der Waals surface area contributed by atoms with Crippen molar-refractivity contribution in [1.82, 2.24) is 0 Å². The van der Waals surface area contributed by atoms with Crippen molar-refractivity contribution in [2.45, 2.75) is 31.1 Å². The molecule has 0 spiro atoms. The Balaban J connectivity index is 2.18. The third-order valence-corrected chi connectivity index (χ3v) is 4.56. The molecule has 0 N–H and O–H groups in total. The highest BCUT2D eigenvalue weighted by Gasteiger charge is 2.37. The van der Waals surface area contributed by atoms with E-state index in [0.717, 1.165) is 10.4 Å². The van der Waals surface area contributed by atoms with Gasteiger partial charge < -0.3 is 0 Å². The summed E-state index contributed by atoms with van der Waals surface area (Å²) in [4.78, 5) is 11.2. The van der Waals surface area contributed by atoms with Gasteiger partial charge in [0.25, 0.3) is 5.24 Å². The van der Waals surface area contributed by atoms with Crippen LogP contribution in [0.2, 0.25) is 0 Å². The van der Waals surface area contributed by atoms with Crippen molar-refractivity contribution in [3.8, 4) is 0 Å². The molecular formula is C12H10BrClO. The molecule has 2 atom stereocenters. The van der Waals surface area contributed by atoms with Crippen molar-refractivity contribution >= 4 is 32.8 Å². The Kier molecular flexibility index (Phi) is 2.18. The van der Waals surface area contributed by atoms with Gasteiger partial charge in [0.1, 0.15) is 0 Å². The van der Waals surface area contributed by atoms with Gasteiger partial charge in [-0.05, 0) is 81.9 Å². The molecule has 2 aliphatic rings. The third kappa shape index (κ3) is 1.38. The smallest absolute Gasteiger partial charge is 0.253 e. The van der Waals surface area contributed by atoms with E-state index in [0.29, 0.717) is 11.5 Å². The quantitative estimate of drug-likeness (QED) is 0.707. The summed E-state index contributed by atoms with van der Waals surface area (Å²) in [6.07, 6.45) is 3.84. The fourth-order valence-corrected chi connectivity index (χ4v) is 3.82. The summed E-state index contributed by atoms with van der Waals surface area (Å²) in [5.74, 6) is 1.40. The van der Waals surface area contributed by atoms with Crippen LogP contribution in [0.4, 0.5) is 0 Å². The van der Waals surface area contributed by atoms with Crippen LogP contribution in [0.3, 0.4) is 0 Å². The van der Waals surface area contributed by atoms with Crippen LogP contribution < -0.4 is 0 Å². The SMILES string of the molecule is O=C(Cl)c1cc2c(cc1Br)C1CCC2C1. The minimum atomic E-state index is -0.368. The Hall–Kier alpha value is -0.340. The zero-order chi connectivity index (χ0) is 10.6. The molecule has 2 bridgehead atoms. The summed E-state index contributed by atoms with van der Waals surface area (Å²) in [6, 6.07) is 4.08. The van der Waals surface area contributed by atoms with Gasteiger partial charge in [0.05, 0.1) is 0 Å². The van der Waals surface area contributed by atoms with E-state index in [1.54, 1.807) is 0 Å². The molecule has 3 rings (SSSR count). The van der Waals surface area contributed by atoms with E-state index >= 15 is 0 Å². The Morgan fingerprint density at radius 2 is 1.87 bits per heavy atom. The number of rotatable bonds is 1. The van der Waals surface area contributed by atoms with Gasteiger partial charge in [-0.2, -0.15) is 0 Å². The Labute approximate surface area is 102 Å². The van der Waals surface area contributed by atoms with E-state index in [9.17, 15) is 4.79 Å². The fraction of sp³-hybridized carbons (Fsp3) is 0.417. The first-order chi connectivity index (χ1) is 7.16. The number of halogens is 2. The lowest BCUT2D eigenvalue weighted by Gasteiger charge is -2.16.